The number of sulfone groups is 1. The maximum absolute atomic E-state index is 13.5. The summed E-state index contributed by atoms with van der Waals surface area (Å²) in [6.45, 7) is 1.20. The van der Waals surface area contributed by atoms with Crippen LogP contribution in [0.1, 0.15) is 12.8 Å². The monoisotopic (exact) mass is 413 g/mol. The molecule has 0 aliphatic carbocycles. The lowest BCUT2D eigenvalue weighted by Crippen LogP contribution is -2.46. The van der Waals surface area contributed by atoms with E-state index in [1.54, 1.807) is 6.07 Å². The van der Waals surface area contributed by atoms with Crippen LogP contribution in [0.15, 0.2) is 18.2 Å². The molecule has 1 saturated heterocycles. The Morgan fingerprint density at radius 3 is 2.80 bits per heavy atom. The second-order valence-corrected chi connectivity index (χ2v) is 8.73. The van der Waals surface area contributed by atoms with E-state index >= 15 is 0 Å². The van der Waals surface area contributed by atoms with Gasteiger partial charge < -0.3 is 16.0 Å². The quantitative estimate of drug-likeness (QED) is 0.734. The summed E-state index contributed by atoms with van der Waals surface area (Å²) in [7, 11) is -3.15. The molecule has 1 heterocycles. The van der Waals surface area contributed by atoms with Crippen molar-refractivity contribution in [2.24, 2.45) is 5.73 Å². The molecule has 2 atom stereocenters. The van der Waals surface area contributed by atoms with Crippen molar-refractivity contribution in [3.8, 4) is 0 Å². The van der Waals surface area contributed by atoms with Crippen LogP contribution in [0.4, 0.5) is 10.1 Å². The van der Waals surface area contributed by atoms with Gasteiger partial charge in [0.1, 0.15) is 15.7 Å². The van der Waals surface area contributed by atoms with E-state index in [-0.39, 0.29) is 41.6 Å². The molecule has 1 aromatic carbocycles. The number of amides is 1. The summed E-state index contributed by atoms with van der Waals surface area (Å²) in [5, 5.41) is 2.89. The average molecular weight is 414 g/mol. The molecule has 1 aliphatic heterocycles. The topological polar surface area (TPSA) is 92.5 Å². The van der Waals surface area contributed by atoms with E-state index in [1.807, 2.05) is 4.90 Å². The highest BCUT2D eigenvalue weighted by Gasteiger charge is 2.26. The van der Waals surface area contributed by atoms with E-state index in [2.05, 4.69) is 5.32 Å². The Balaban J connectivity index is 0.00000312. The summed E-state index contributed by atoms with van der Waals surface area (Å²) in [6.07, 6.45) is 1.90. The van der Waals surface area contributed by atoms with Crippen LogP contribution in [-0.4, -0.2) is 51.5 Å². The third-order valence-corrected chi connectivity index (χ3v) is 5.22. The second-order valence-electron chi connectivity index (χ2n) is 6.06. The van der Waals surface area contributed by atoms with Crippen LogP contribution in [0.5, 0.6) is 0 Å². The molecule has 2 unspecified atom stereocenters. The number of carbonyl (C=O) groups is 1. The molecule has 25 heavy (non-hydrogen) atoms. The minimum absolute atomic E-state index is 0. The predicted molar refractivity (Wildman–Crippen MR) is 99.7 cm³/mol. The lowest BCUT2D eigenvalue weighted by atomic mass is 10.2. The number of hydrogen-bond donors (Lipinski definition) is 2. The maximum Gasteiger partial charge on any atom is 0.237 e. The van der Waals surface area contributed by atoms with Crippen LogP contribution in [0.25, 0.3) is 0 Å². The van der Waals surface area contributed by atoms with E-state index in [0.29, 0.717) is 25.2 Å². The molecule has 0 aromatic heterocycles. The molecular formula is C15H22Cl2FN3O3S. The highest BCUT2D eigenvalue weighted by Crippen LogP contribution is 2.25. The zero-order valence-electron chi connectivity index (χ0n) is 13.7. The van der Waals surface area contributed by atoms with Gasteiger partial charge in [0, 0.05) is 31.1 Å². The first-order chi connectivity index (χ1) is 11.2. The molecule has 10 heteroatoms. The Kier molecular flexibility index (Phi) is 7.92. The van der Waals surface area contributed by atoms with Crippen molar-refractivity contribution in [3.63, 3.8) is 0 Å². The molecule has 0 spiro atoms. The SMILES string of the molecule is CS(=O)(=O)CCC(N)C(=O)NC1CCN(c2ccc(Cl)c(F)c2)C1.Cl. The number of nitrogens with one attached hydrogen (secondary N) is 1. The predicted octanol–water partition coefficient (Wildman–Crippen LogP) is 1.36. The molecule has 0 radical (unpaired) electrons. The first-order valence-corrected chi connectivity index (χ1v) is 10.0. The molecule has 1 amide bonds. The van der Waals surface area contributed by atoms with Crippen LogP contribution in [0.3, 0.4) is 0 Å². The molecular weight excluding hydrogens is 392 g/mol. The Morgan fingerprint density at radius 2 is 2.20 bits per heavy atom. The van der Waals surface area contributed by atoms with Gasteiger partial charge in [-0.15, -0.1) is 12.4 Å². The lowest BCUT2D eigenvalue weighted by Gasteiger charge is -2.20. The van der Waals surface area contributed by atoms with Gasteiger partial charge in [0.15, 0.2) is 0 Å². The fourth-order valence-electron chi connectivity index (χ4n) is 2.57. The molecule has 142 valence electrons. The van der Waals surface area contributed by atoms with E-state index in [1.165, 1.54) is 12.1 Å². The van der Waals surface area contributed by atoms with Crippen molar-refractivity contribution >= 4 is 45.4 Å². The van der Waals surface area contributed by atoms with Gasteiger partial charge in [0.25, 0.3) is 0 Å². The molecule has 1 fully saturated rings. The van der Waals surface area contributed by atoms with E-state index in [0.717, 1.165) is 6.26 Å². The van der Waals surface area contributed by atoms with Crippen molar-refractivity contribution < 1.29 is 17.6 Å². The summed E-state index contributed by atoms with van der Waals surface area (Å²) in [4.78, 5) is 14.0. The number of benzene rings is 1. The summed E-state index contributed by atoms with van der Waals surface area (Å²) in [5.74, 6) is -0.972. The Hall–Kier alpha value is -1.09. The van der Waals surface area contributed by atoms with Gasteiger partial charge in [-0.1, -0.05) is 11.6 Å². The Labute approximate surface area is 158 Å². The van der Waals surface area contributed by atoms with Gasteiger partial charge in [0.05, 0.1) is 16.8 Å². The summed E-state index contributed by atoms with van der Waals surface area (Å²) in [5.41, 5.74) is 6.43. The van der Waals surface area contributed by atoms with Crippen molar-refractivity contribution in [1.29, 1.82) is 0 Å². The van der Waals surface area contributed by atoms with Crippen LogP contribution < -0.4 is 16.0 Å². The standard InChI is InChI=1S/C15H21ClFN3O3S.ClH/c1-24(22,23)7-5-14(18)15(21)19-10-4-6-20(9-10)11-2-3-12(16)13(17)8-11;/h2-3,8,10,14H,4-7,9,18H2,1H3,(H,19,21);1H. The molecule has 1 aromatic rings. The zero-order chi connectivity index (χ0) is 17.9. The largest absolute Gasteiger partial charge is 0.369 e. The first kappa shape index (κ1) is 22.0. The highest BCUT2D eigenvalue weighted by molar-refractivity contribution is 7.90. The van der Waals surface area contributed by atoms with E-state index in [9.17, 15) is 17.6 Å². The molecule has 0 bridgehead atoms. The number of carbonyl (C=O) groups excluding carboxylic acids is 1. The number of hydrogen-bond acceptors (Lipinski definition) is 5. The fraction of sp³-hybridized carbons (Fsp3) is 0.533. The number of nitrogens with zero attached hydrogens (tertiary/aromatic N) is 1. The van der Waals surface area contributed by atoms with Gasteiger partial charge >= 0.3 is 0 Å². The normalized spacial score (nSPS) is 18.6. The second kappa shape index (κ2) is 9.02. The number of rotatable bonds is 6. The fourth-order valence-corrected chi connectivity index (χ4v) is 3.37. The third-order valence-electron chi connectivity index (χ3n) is 3.94. The lowest BCUT2D eigenvalue weighted by molar-refractivity contribution is -0.122. The Morgan fingerprint density at radius 1 is 1.52 bits per heavy atom. The van der Waals surface area contributed by atoms with Crippen LogP contribution in [0, 0.1) is 5.82 Å². The number of anilines is 1. The third kappa shape index (κ3) is 6.62. The van der Waals surface area contributed by atoms with Crippen molar-refractivity contribution in [3.05, 3.63) is 29.0 Å². The average Bonchev–Trinajstić information content (AvgIpc) is 2.95. The van der Waals surface area contributed by atoms with Crippen molar-refractivity contribution in [1.82, 2.24) is 5.32 Å². The van der Waals surface area contributed by atoms with Crippen LogP contribution >= 0.6 is 24.0 Å². The van der Waals surface area contributed by atoms with Crippen LogP contribution in [0.2, 0.25) is 5.02 Å². The minimum Gasteiger partial charge on any atom is -0.369 e. The maximum atomic E-state index is 13.5. The molecule has 1 aliphatic rings. The van der Waals surface area contributed by atoms with E-state index in [4.69, 9.17) is 17.3 Å². The zero-order valence-corrected chi connectivity index (χ0v) is 16.1. The first-order valence-electron chi connectivity index (χ1n) is 7.59. The van der Waals surface area contributed by atoms with Crippen LogP contribution in [-0.2, 0) is 14.6 Å². The van der Waals surface area contributed by atoms with Gasteiger partial charge in [-0.25, -0.2) is 12.8 Å². The highest BCUT2D eigenvalue weighted by atomic mass is 35.5. The summed E-state index contributed by atoms with van der Waals surface area (Å²) >= 11 is 5.67. The van der Waals surface area contributed by atoms with Crippen molar-refractivity contribution in [2.75, 3.05) is 30.0 Å². The molecule has 6 nitrogen and oxygen atoms in total. The number of nitrogens with two attached hydrogens (primary N) is 1. The van der Waals surface area contributed by atoms with E-state index < -0.39 is 21.7 Å². The minimum atomic E-state index is -3.15. The van der Waals surface area contributed by atoms with Crippen molar-refractivity contribution in [2.45, 2.75) is 24.9 Å². The molecule has 3 N–H and O–H groups in total. The number of halogens is 3. The Bertz CT molecular complexity index is 718. The van der Waals surface area contributed by atoms with Gasteiger partial charge in [-0.2, -0.15) is 0 Å². The molecule has 2 rings (SSSR count). The van der Waals surface area contributed by atoms with Gasteiger partial charge in [-0.3, -0.25) is 4.79 Å². The summed E-state index contributed by atoms with van der Waals surface area (Å²) < 4.78 is 35.8. The molecule has 0 saturated carbocycles. The van der Waals surface area contributed by atoms with Gasteiger partial charge in [0.2, 0.25) is 5.91 Å². The summed E-state index contributed by atoms with van der Waals surface area (Å²) in [6, 6.07) is 3.62. The van der Waals surface area contributed by atoms with Gasteiger partial charge in [-0.05, 0) is 31.0 Å². The smallest absolute Gasteiger partial charge is 0.237 e.